The highest BCUT2D eigenvalue weighted by atomic mass is 32.2. The van der Waals surface area contributed by atoms with Crippen molar-refractivity contribution in [3.63, 3.8) is 0 Å². The second kappa shape index (κ2) is 5.99. The zero-order chi connectivity index (χ0) is 19.3. The molecular weight excluding hydrogens is 362 g/mol. The smallest absolute Gasteiger partial charge is 0.295 e. The van der Waals surface area contributed by atoms with Gasteiger partial charge in [-0.3, -0.25) is 13.4 Å². The molecule has 0 aliphatic heterocycles. The molecule has 27 heavy (non-hydrogen) atoms. The lowest BCUT2D eigenvalue weighted by atomic mass is 10.1. The van der Waals surface area contributed by atoms with Crippen molar-refractivity contribution in [3.8, 4) is 0 Å². The Bertz CT molecular complexity index is 1350. The maximum atomic E-state index is 13.1. The summed E-state index contributed by atoms with van der Waals surface area (Å²) in [6, 6.07) is 18.1. The Hall–Kier alpha value is -3.06. The van der Waals surface area contributed by atoms with Crippen LogP contribution in [0.15, 0.2) is 70.4 Å². The Morgan fingerprint density at radius 1 is 0.815 bits per heavy atom. The summed E-state index contributed by atoms with van der Waals surface area (Å²) in [5, 5.41) is 2.02. The minimum Gasteiger partial charge on any atom is -0.295 e. The maximum absolute atomic E-state index is 13.1. The van der Waals surface area contributed by atoms with Crippen molar-refractivity contribution < 1.29 is 8.42 Å². The Kier molecular flexibility index (Phi) is 3.85. The van der Waals surface area contributed by atoms with Crippen molar-refractivity contribution in [1.29, 1.82) is 0 Å². The van der Waals surface area contributed by atoms with Crippen LogP contribution in [-0.4, -0.2) is 24.6 Å². The summed E-state index contributed by atoms with van der Waals surface area (Å²) in [5.74, 6) is 0. The Balaban J connectivity index is 1.83. The number of hydrogen-bond acceptors (Lipinski definition) is 3. The predicted molar refractivity (Wildman–Crippen MR) is 108 cm³/mol. The molecule has 6 nitrogen and oxygen atoms in total. The van der Waals surface area contributed by atoms with E-state index in [0.29, 0.717) is 16.7 Å². The molecule has 1 heterocycles. The number of imidazole rings is 1. The zero-order valence-corrected chi connectivity index (χ0v) is 16.1. The highest BCUT2D eigenvalue weighted by molar-refractivity contribution is 7.92. The highest BCUT2D eigenvalue weighted by Gasteiger charge is 2.23. The van der Waals surface area contributed by atoms with Crippen LogP contribution in [0.25, 0.3) is 21.8 Å². The van der Waals surface area contributed by atoms with E-state index in [-0.39, 0.29) is 10.6 Å². The predicted octanol–water partition coefficient (Wildman–Crippen LogP) is 2.86. The molecule has 0 amide bonds. The number of rotatable bonds is 3. The van der Waals surface area contributed by atoms with Gasteiger partial charge in [-0.05, 0) is 41.1 Å². The van der Waals surface area contributed by atoms with Crippen molar-refractivity contribution >= 4 is 37.5 Å². The van der Waals surface area contributed by atoms with Crippen LogP contribution in [0.5, 0.6) is 0 Å². The Labute approximate surface area is 156 Å². The molecule has 0 saturated carbocycles. The van der Waals surface area contributed by atoms with Crippen LogP contribution < -0.4 is 9.99 Å². The number of benzene rings is 3. The van der Waals surface area contributed by atoms with Gasteiger partial charge in [-0.2, -0.15) is 0 Å². The van der Waals surface area contributed by atoms with E-state index in [1.807, 2.05) is 36.4 Å². The molecule has 0 atom stereocenters. The van der Waals surface area contributed by atoms with Gasteiger partial charge < -0.3 is 0 Å². The van der Waals surface area contributed by atoms with Gasteiger partial charge in [0.2, 0.25) is 0 Å². The van der Waals surface area contributed by atoms with Gasteiger partial charge in [0.05, 0.1) is 21.6 Å². The normalized spacial score (nSPS) is 12.0. The topological polar surface area (TPSA) is 64.3 Å². The van der Waals surface area contributed by atoms with E-state index in [1.54, 1.807) is 32.3 Å². The average Bonchev–Trinajstić information content (AvgIpc) is 2.90. The van der Waals surface area contributed by atoms with Gasteiger partial charge in [-0.25, -0.2) is 13.2 Å². The van der Waals surface area contributed by atoms with Crippen LogP contribution in [0.3, 0.4) is 0 Å². The lowest BCUT2D eigenvalue weighted by Gasteiger charge is -2.20. The summed E-state index contributed by atoms with van der Waals surface area (Å²) in [5.41, 5.74) is 1.66. The molecule has 3 aromatic carbocycles. The molecule has 0 aliphatic rings. The lowest BCUT2D eigenvalue weighted by molar-refractivity contribution is 0.594. The molecule has 4 rings (SSSR count). The summed E-state index contributed by atoms with van der Waals surface area (Å²) < 4.78 is 30.5. The van der Waals surface area contributed by atoms with Crippen LogP contribution in [0.4, 0.5) is 5.69 Å². The molecule has 0 fully saturated rings. The fourth-order valence-electron chi connectivity index (χ4n) is 3.32. The number of aromatic nitrogens is 2. The molecule has 0 radical (unpaired) electrons. The van der Waals surface area contributed by atoms with Gasteiger partial charge in [0.15, 0.2) is 0 Å². The lowest BCUT2D eigenvalue weighted by Crippen LogP contribution is -2.26. The number of nitrogens with zero attached hydrogens (tertiary/aromatic N) is 3. The highest BCUT2D eigenvalue weighted by Crippen LogP contribution is 2.27. The van der Waals surface area contributed by atoms with E-state index in [2.05, 4.69) is 0 Å². The van der Waals surface area contributed by atoms with E-state index >= 15 is 0 Å². The van der Waals surface area contributed by atoms with Gasteiger partial charge >= 0.3 is 5.69 Å². The molecule has 4 aromatic rings. The number of aryl methyl sites for hydroxylation is 2. The van der Waals surface area contributed by atoms with Crippen molar-refractivity contribution in [2.45, 2.75) is 4.90 Å². The third kappa shape index (κ3) is 2.62. The first-order chi connectivity index (χ1) is 12.8. The summed E-state index contributed by atoms with van der Waals surface area (Å²) in [6.07, 6.45) is 0. The fraction of sp³-hybridized carbons (Fsp3) is 0.150. The second-order valence-electron chi connectivity index (χ2n) is 6.56. The van der Waals surface area contributed by atoms with E-state index in [0.717, 1.165) is 10.8 Å². The maximum Gasteiger partial charge on any atom is 0.328 e. The van der Waals surface area contributed by atoms with Crippen LogP contribution in [-0.2, 0) is 24.1 Å². The van der Waals surface area contributed by atoms with Gasteiger partial charge in [-0.15, -0.1) is 0 Å². The Morgan fingerprint density at radius 3 is 2.22 bits per heavy atom. The third-order valence-corrected chi connectivity index (χ3v) is 6.78. The van der Waals surface area contributed by atoms with Crippen molar-refractivity contribution in [2.24, 2.45) is 14.1 Å². The first-order valence-corrected chi connectivity index (χ1v) is 9.88. The average molecular weight is 381 g/mol. The SMILES string of the molecule is CN(c1ccc2ccccc2c1)S(=O)(=O)c1ccc2c(c1)n(C)c(=O)n2C. The minimum atomic E-state index is -3.76. The van der Waals surface area contributed by atoms with Crippen LogP contribution in [0.1, 0.15) is 0 Å². The zero-order valence-electron chi connectivity index (χ0n) is 15.2. The van der Waals surface area contributed by atoms with E-state index in [4.69, 9.17) is 0 Å². The largest absolute Gasteiger partial charge is 0.328 e. The minimum absolute atomic E-state index is 0.145. The summed E-state index contributed by atoms with van der Waals surface area (Å²) >= 11 is 0. The molecule has 0 unspecified atom stereocenters. The number of sulfonamides is 1. The van der Waals surface area contributed by atoms with Crippen LogP contribution >= 0.6 is 0 Å². The van der Waals surface area contributed by atoms with Gasteiger partial charge in [0, 0.05) is 21.1 Å². The first kappa shape index (κ1) is 17.4. The standard InChI is InChI=1S/C20H19N3O3S/c1-21-18-11-10-17(13-19(18)22(2)20(21)24)27(25,26)23(3)16-9-8-14-6-4-5-7-15(14)12-16/h4-13H,1-3H3. The van der Waals surface area contributed by atoms with E-state index in [1.165, 1.54) is 26.6 Å². The number of fused-ring (bicyclic) bond motifs is 2. The molecule has 0 spiro atoms. The van der Waals surface area contributed by atoms with Gasteiger partial charge in [-0.1, -0.05) is 30.3 Å². The van der Waals surface area contributed by atoms with Crippen molar-refractivity contribution in [3.05, 3.63) is 71.1 Å². The molecular formula is C20H19N3O3S. The quantitative estimate of drug-likeness (QED) is 0.548. The number of hydrogen-bond donors (Lipinski definition) is 0. The molecule has 0 N–H and O–H groups in total. The first-order valence-electron chi connectivity index (χ1n) is 8.44. The second-order valence-corrected chi connectivity index (χ2v) is 8.52. The van der Waals surface area contributed by atoms with E-state index in [9.17, 15) is 13.2 Å². The fourth-order valence-corrected chi connectivity index (χ4v) is 4.52. The van der Waals surface area contributed by atoms with Crippen LogP contribution in [0, 0.1) is 0 Å². The summed E-state index contributed by atoms with van der Waals surface area (Å²) in [4.78, 5) is 12.2. The van der Waals surface area contributed by atoms with Crippen molar-refractivity contribution in [1.82, 2.24) is 9.13 Å². The molecule has 1 aromatic heterocycles. The monoisotopic (exact) mass is 381 g/mol. The third-order valence-electron chi connectivity index (χ3n) is 5.00. The van der Waals surface area contributed by atoms with Gasteiger partial charge in [0.25, 0.3) is 10.0 Å². The molecule has 0 saturated heterocycles. The van der Waals surface area contributed by atoms with Crippen molar-refractivity contribution in [2.75, 3.05) is 11.4 Å². The molecule has 138 valence electrons. The number of anilines is 1. The van der Waals surface area contributed by atoms with Gasteiger partial charge in [0.1, 0.15) is 0 Å². The van der Waals surface area contributed by atoms with E-state index < -0.39 is 10.0 Å². The Morgan fingerprint density at radius 2 is 1.48 bits per heavy atom. The molecule has 7 heteroatoms. The summed E-state index contributed by atoms with van der Waals surface area (Å²) in [7, 11) is 1.07. The summed E-state index contributed by atoms with van der Waals surface area (Å²) in [6.45, 7) is 0. The molecule has 0 aliphatic carbocycles. The molecule has 0 bridgehead atoms. The van der Waals surface area contributed by atoms with Crippen LogP contribution in [0.2, 0.25) is 0 Å².